The van der Waals surface area contributed by atoms with Gasteiger partial charge in [0.1, 0.15) is 12.2 Å². The Bertz CT molecular complexity index is 812. The first kappa shape index (κ1) is 25.1. The normalized spacial score (nSPS) is 20.5. The largest absolute Gasteiger partial charge is 0.447 e. The standard InChI is InChI=1S/C26H38N2O5/c1-5-9-21(16-20-12-14-27(15-13-20)24(30)33-26(2,3)4)23(29)28-22(18-32-25(28)31)17-19-10-7-6-8-11-19/h6-8,10-11,20-22H,5,9,12-18H2,1-4H3/t21-,22-/m1/s1. The van der Waals surface area contributed by atoms with Gasteiger partial charge in [0.25, 0.3) is 0 Å². The molecule has 1 aromatic carbocycles. The molecule has 1 aromatic rings. The second-order valence-electron chi connectivity index (χ2n) is 10.3. The zero-order valence-electron chi connectivity index (χ0n) is 20.4. The highest BCUT2D eigenvalue weighted by molar-refractivity contribution is 5.94. The molecule has 2 aliphatic heterocycles. The molecule has 2 aliphatic rings. The first-order valence-electron chi connectivity index (χ1n) is 12.2. The molecule has 2 saturated heterocycles. The molecule has 2 atom stereocenters. The van der Waals surface area contributed by atoms with Crippen molar-refractivity contribution in [1.29, 1.82) is 0 Å². The van der Waals surface area contributed by atoms with Crippen molar-refractivity contribution in [3.63, 3.8) is 0 Å². The lowest BCUT2D eigenvalue weighted by atomic mass is 9.84. The Morgan fingerprint density at radius 3 is 2.42 bits per heavy atom. The molecule has 3 rings (SSSR count). The van der Waals surface area contributed by atoms with Crippen LogP contribution in [-0.4, -0.2) is 59.2 Å². The predicted molar refractivity (Wildman–Crippen MR) is 126 cm³/mol. The van der Waals surface area contributed by atoms with Gasteiger partial charge in [0.15, 0.2) is 0 Å². The number of amides is 3. The molecule has 0 saturated carbocycles. The van der Waals surface area contributed by atoms with Gasteiger partial charge < -0.3 is 14.4 Å². The van der Waals surface area contributed by atoms with Crippen LogP contribution < -0.4 is 0 Å². The third kappa shape index (κ3) is 6.95. The van der Waals surface area contributed by atoms with Crippen molar-refractivity contribution in [1.82, 2.24) is 9.80 Å². The molecule has 182 valence electrons. The molecule has 3 amide bonds. The van der Waals surface area contributed by atoms with Crippen LogP contribution in [0.4, 0.5) is 9.59 Å². The lowest BCUT2D eigenvalue weighted by molar-refractivity contribution is -0.134. The Hall–Kier alpha value is -2.57. The van der Waals surface area contributed by atoms with Crippen LogP contribution in [0.1, 0.15) is 65.4 Å². The van der Waals surface area contributed by atoms with Gasteiger partial charge in [0.05, 0.1) is 6.04 Å². The van der Waals surface area contributed by atoms with Gasteiger partial charge >= 0.3 is 12.2 Å². The number of ether oxygens (including phenoxy) is 2. The summed E-state index contributed by atoms with van der Waals surface area (Å²) in [6.07, 6.45) is 3.83. The fourth-order valence-electron chi connectivity index (χ4n) is 4.73. The van der Waals surface area contributed by atoms with Crippen LogP contribution in [-0.2, 0) is 20.7 Å². The summed E-state index contributed by atoms with van der Waals surface area (Å²) in [5.74, 6) is 0.0160. The number of nitrogens with zero attached hydrogens (tertiary/aromatic N) is 2. The van der Waals surface area contributed by atoms with Crippen molar-refractivity contribution in [3.8, 4) is 0 Å². The molecule has 7 heteroatoms. The fraction of sp³-hybridized carbons (Fsp3) is 0.654. The number of likely N-dealkylation sites (tertiary alicyclic amines) is 1. The maximum atomic E-state index is 13.5. The highest BCUT2D eigenvalue weighted by atomic mass is 16.6. The maximum absolute atomic E-state index is 13.5. The molecule has 2 fully saturated rings. The Balaban J connectivity index is 1.59. The molecule has 7 nitrogen and oxygen atoms in total. The Morgan fingerprint density at radius 1 is 1.15 bits per heavy atom. The number of imide groups is 1. The van der Waals surface area contributed by atoms with E-state index in [1.54, 1.807) is 4.90 Å². The number of hydrogen-bond acceptors (Lipinski definition) is 5. The van der Waals surface area contributed by atoms with Crippen LogP contribution in [0, 0.1) is 11.8 Å². The van der Waals surface area contributed by atoms with E-state index >= 15 is 0 Å². The van der Waals surface area contributed by atoms with Gasteiger partial charge in [-0.05, 0) is 64.4 Å². The molecule has 0 unspecified atom stereocenters. The number of cyclic esters (lactones) is 1. The minimum absolute atomic E-state index is 0.116. The quantitative estimate of drug-likeness (QED) is 0.573. The molecule has 0 aliphatic carbocycles. The molecular weight excluding hydrogens is 420 g/mol. The topological polar surface area (TPSA) is 76.2 Å². The monoisotopic (exact) mass is 458 g/mol. The van der Waals surface area contributed by atoms with E-state index < -0.39 is 11.7 Å². The Morgan fingerprint density at radius 2 is 1.82 bits per heavy atom. The van der Waals surface area contributed by atoms with Crippen molar-refractivity contribution in [2.24, 2.45) is 11.8 Å². The van der Waals surface area contributed by atoms with E-state index in [-0.39, 0.29) is 30.6 Å². The summed E-state index contributed by atoms with van der Waals surface area (Å²) in [7, 11) is 0. The molecular formula is C26H38N2O5. The van der Waals surface area contributed by atoms with E-state index in [9.17, 15) is 14.4 Å². The molecule has 0 spiro atoms. The summed E-state index contributed by atoms with van der Waals surface area (Å²) in [5, 5.41) is 0. The zero-order valence-corrected chi connectivity index (χ0v) is 20.4. The van der Waals surface area contributed by atoms with Crippen molar-refractivity contribution in [3.05, 3.63) is 35.9 Å². The van der Waals surface area contributed by atoms with E-state index in [4.69, 9.17) is 9.47 Å². The van der Waals surface area contributed by atoms with Crippen molar-refractivity contribution < 1.29 is 23.9 Å². The Kier molecular flexibility index (Phi) is 8.38. The first-order chi connectivity index (χ1) is 15.7. The number of piperidine rings is 1. The average molecular weight is 459 g/mol. The smallest absolute Gasteiger partial charge is 0.416 e. The maximum Gasteiger partial charge on any atom is 0.416 e. The third-order valence-electron chi connectivity index (χ3n) is 6.38. The Labute approximate surface area is 197 Å². The second-order valence-corrected chi connectivity index (χ2v) is 10.3. The van der Waals surface area contributed by atoms with E-state index in [0.717, 1.165) is 37.7 Å². The number of hydrogen-bond donors (Lipinski definition) is 0. The van der Waals surface area contributed by atoms with E-state index in [1.807, 2.05) is 51.1 Å². The molecule has 33 heavy (non-hydrogen) atoms. The lowest BCUT2D eigenvalue weighted by Gasteiger charge is -2.35. The first-order valence-corrected chi connectivity index (χ1v) is 12.2. The van der Waals surface area contributed by atoms with E-state index in [0.29, 0.717) is 25.4 Å². The number of benzene rings is 1. The van der Waals surface area contributed by atoms with Gasteiger partial charge in [-0.1, -0.05) is 43.7 Å². The van der Waals surface area contributed by atoms with Crippen LogP contribution in [0.25, 0.3) is 0 Å². The summed E-state index contributed by atoms with van der Waals surface area (Å²) in [6, 6.07) is 9.63. The van der Waals surface area contributed by atoms with Crippen LogP contribution in [0.3, 0.4) is 0 Å². The van der Waals surface area contributed by atoms with E-state index in [2.05, 4.69) is 6.92 Å². The van der Waals surface area contributed by atoms with Gasteiger partial charge in [-0.15, -0.1) is 0 Å². The summed E-state index contributed by atoms with van der Waals surface area (Å²) in [6.45, 7) is 9.18. The van der Waals surface area contributed by atoms with Crippen molar-refractivity contribution in [2.75, 3.05) is 19.7 Å². The fourth-order valence-corrected chi connectivity index (χ4v) is 4.73. The highest BCUT2D eigenvalue weighted by Gasteiger charge is 2.41. The summed E-state index contributed by atoms with van der Waals surface area (Å²) < 4.78 is 10.8. The predicted octanol–water partition coefficient (Wildman–Crippen LogP) is 5.03. The summed E-state index contributed by atoms with van der Waals surface area (Å²) in [4.78, 5) is 41.4. The second kappa shape index (κ2) is 11.0. The summed E-state index contributed by atoms with van der Waals surface area (Å²) >= 11 is 0. The zero-order chi connectivity index (χ0) is 24.0. The van der Waals surface area contributed by atoms with Crippen LogP contribution in [0.5, 0.6) is 0 Å². The number of rotatable bonds is 7. The van der Waals surface area contributed by atoms with Gasteiger partial charge in [-0.25, -0.2) is 14.5 Å². The SMILES string of the molecule is CCC[C@H](CC1CCN(C(=O)OC(C)(C)C)CC1)C(=O)N1C(=O)OC[C@H]1Cc1ccccc1. The highest BCUT2D eigenvalue weighted by Crippen LogP contribution is 2.30. The van der Waals surface area contributed by atoms with Crippen molar-refractivity contribution in [2.45, 2.75) is 77.9 Å². The minimum Gasteiger partial charge on any atom is -0.447 e. The minimum atomic E-state index is -0.526. The van der Waals surface area contributed by atoms with Crippen LogP contribution in [0.2, 0.25) is 0 Å². The third-order valence-corrected chi connectivity index (χ3v) is 6.38. The molecule has 0 aromatic heterocycles. The van der Waals surface area contributed by atoms with Crippen LogP contribution >= 0.6 is 0 Å². The average Bonchev–Trinajstić information content (AvgIpc) is 3.12. The molecule has 0 radical (unpaired) electrons. The van der Waals surface area contributed by atoms with E-state index in [1.165, 1.54) is 4.90 Å². The molecule has 0 bridgehead atoms. The molecule has 2 heterocycles. The van der Waals surface area contributed by atoms with Crippen LogP contribution in [0.15, 0.2) is 30.3 Å². The van der Waals surface area contributed by atoms with Crippen molar-refractivity contribution >= 4 is 18.1 Å². The number of carbonyl (C=O) groups excluding carboxylic acids is 3. The molecule has 0 N–H and O–H groups in total. The summed E-state index contributed by atoms with van der Waals surface area (Å²) in [5.41, 5.74) is 0.577. The number of carbonyl (C=O) groups is 3. The van der Waals surface area contributed by atoms with Gasteiger partial charge in [-0.3, -0.25) is 4.79 Å². The van der Waals surface area contributed by atoms with Gasteiger partial charge in [0, 0.05) is 19.0 Å². The van der Waals surface area contributed by atoms with Gasteiger partial charge in [-0.2, -0.15) is 0 Å². The van der Waals surface area contributed by atoms with Gasteiger partial charge in [0.2, 0.25) is 5.91 Å². The lowest BCUT2D eigenvalue weighted by Crippen LogP contribution is -2.45.